The first-order chi connectivity index (χ1) is 11.3. The van der Waals surface area contributed by atoms with Gasteiger partial charge in [0.15, 0.2) is 0 Å². The van der Waals surface area contributed by atoms with Crippen LogP contribution in [0.1, 0.15) is 124 Å². The number of nitrogens with two attached hydrogens (primary N) is 1. The zero-order chi connectivity index (χ0) is 18.7. The molecule has 0 amide bonds. The van der Waals surface area contributed by atoms with Crippen molar-refractivity contribution in [3.05, 3.63) is 0 Å². The minimum Gasteiger partial charge on any atom is -0.481 e. The van der Waals surface area contributed by atoms with Gasteiger partial charge in [-0.3, -0.25) is 4.79 Å². The van der Waals surface area contributed by atoms with Crippen LogP contribution in [0.15, 0.2) is 0 Å². The van der Waals surface area contributed by atoms with E-state index < -0.39 is 5.97 Å². The molecular weight excluding hydrogens is 298 g/mol. The highest BCUT2D eigenvalue weighted by Gasteiger charge is 2.08. The van der Waals surface area contributed by atoms with Crippen molar-refractivity contribution >= 4 is 5.97 Å². The third kappa shape index (κ3) is 29.4. The Bertz CT molecular complexity index is 259. The first-order valence-corrected chi connectivity index (χ1v) is 10.3. The molecule has 0 aliphatic heterocycles. The Labute approximate surface area is 151 Å². The zero-order valence-corrected chi connectivity index (χ0v) is 17.0. The van der Waals surface area contributed by atoms with E-state index in [0.29, 0.717) is 6.42 Å². The van der Waals surface area contributed by atoms with Crippen molar-refractivity contribution in [2.75, 3.05) is 0 Å². The van der Waals surface area contributed by atoms with Gasteiger partial charge >= 0.3 is 5.97 Å². The SMILES string of the molecule is CCCCCCCC(=O)O.CCCCCCCCCCC(C)(C)N. The number of rotatable bonds is 15. The summed E-state index contributed by atoms with van der Waals surface area (Å²) in [4.78, 5) is 10.0. The zero-order valence-electron chi connectivity index (χ0n) is 17.0. The van der Waals surface area contributed by atoms with Crippen molar-refractivity contribution < 1.29 is 9.90 Å². The maximum atomic E-state index is 10.0. The molecule has 3 nitrogen and oxygen atoms in total. The molecule has 146 valence electrons. The van der Waals surface area contributed by atoms with Crippen molar-refractivity contribution in [2.45, 2.75) is 130 Å². The van der Waals surface area contributed by atoms with Crippen LogP contribution in [0.5, 0.6) is 0 Å². The second kappa shape index (κ2) is 18.8. The van der Waals surface area contributed by atoms with Gasteiger partial charge in [0, 0.05) is 12.0 Å². The molecule has 0 bridgehead atoms. The van der Waals surface area contributed by atoms with Crippen LogP contribution < -0.4 is 5.73 Å². The summed E-state index contributed by atoms with van der Waals surface area (Å²) < 4.78 is 0. The fourth-order valence-electron chi connectivity index (χ4n) is 2.59. The number of hydrogen-bond acceptors (Lipinski definition) is 2. The fourth-order valence-corrected chi connectivity index (χ4v) is 2.59. The van der Waals surface area contributed by atoms with E-state index in [4.69, 9.17) is 10.8 Å². The van der Waals surface area contributed by atoms with Crippen LogP contribution in [-0.4, -0.2) is 16.6 Å². The summed E-state index contributed by atoms with van der Waals surface area (Å²) in [6.45, 7) is 8.66. The average molecular weight is 344 g/mol. The molecule has 3 N–H and O–H groups in total. The summed E-state index contributed by atoms with van der Waals surface area (Å²) >= 11 is 0. The van der Waals surface area contributed by atoms with E-state index in [-0.39, 0.29) is 5.54 Å². The van der Waals surface area contributed by atoms with Crippen LogP contribution in [0.25, 0.3) is 0 Å². The molecule has 3 heteroatoms. The van der Waals surface area contributed by atoms with Crippen molar-refractivity contribution in [1.29, 1.82) is 0 Å². The van der Waals surface area contributed by atoms with Gasteiger partial charge in [0.2, 0.25) is 0 Å². The molecule has 0 rings (SSSR count). The van der Waals surface area contributed by atoms with E-state index in [1.54, 1.807) is 0 Å². The minimum atomic E-state index is -0.670. The van der Waals surface area contributed by atoms with Crippen LogP contribution in [0.4, 0.5) is 0 Å². The summed E-state index contributed by atoms with van der Waals surface area (Å²) in [5.74, 6) is -0.670. The Morgan fingerprint density at radius 2 is 1.12 bits per heavy atom. The third-order valence-corrected chi connectivity index (χ3v) is 4.17. The number of unbranched alkanes of at least 4 members (excludes halogenated alkanes) is 11. The van der Waals surface area contributed by atoms with Crippen molar-refractivity contribution in [1.82, 2.24) is 0 Å². The molecule has 0 atom stereocenters. The first-order valence-electron chi connectivity index (χ1n) is 10.3. The minimum absolute atomic E-state index is 0.0439. The lowest BCUT2D eigenvalue weighted by Crippen LogP contribution is -2.31. The smallest absolute Gasteiger partial charge is 0.303 e. The Hall–Kier alpha value is -0.570. The number of carboxylic acid groups (broad SMARTS) is 1. The molecule has 0 radical (unpaired) electrons. The second-order valence-corrected chi connectivity index (χ2v) is 7.77. The monoisotopic (exact) mass is 343 g/mol. The highest BCUT2D eigenvalue weighted by Crippen LogP contribution is 2.13. The van der Waals surface area contributed by atoms with Gasteiger partial charge in [0.05, 0.1) is 0 Å². The maximum absolute atomic E-state index is 10.0. The lowest BCUT2D eigenvalue weighted by atomic mass is 9.97. The Kier molecular flexibility index (Phi) is 20.1. The van der Waals surface area contributed by atoms with Crippen LogP contribution in [0.3, 0.4) is 0 Å². The first kappa shape index (κ1) is 25.7. The van der Waals surface area contributed by atoms with E-state index >= 15 is 0 Å². The standard InChI is InChI=1S/C13H29N.C8H16O2/c1-4-5-6-7-8-9-10-11-12-13(2,3)14;1-2-3-4-5-6-7-8(9)10/h4-12,14H2,1-3H3;2-7H2,1H3,(H,9,10). The highest BCUT2D eigenvalue weighted by molar-refractivity contribution is 5.66. The molecule has 0 aliphatic rings. The largest absolute Gasteiger partial charge is 0.481 e. The second-order valence-electron chi connectivity index (χ2n) is 7.77. The van der Waals surface area contributed by atoms with Gasteiger partial charge in [-0.15, -0.1) is 0 Å². The van der Waals surface area contributed by atoms with Gasteiger partial charge in [-0.25, -0.2) is 0 Å². The number of hydrogen-bond donors (Lipinski definition) is 2. The summed E-state index contributed by atoms with van der Waals surface area (Å²) in [6.07, 6.45) is 18.2. The molecule has 24 heavy (non-hydrogen) atoms. The van der Waals surface area contributed by atoms with Gasteiger partial charge in [0.1, 0.15) is 0 Å². The quantitative estimate of drug-likeness (QED) is 0.326. The van der Waals surface area contributed by atoms with Crippen molar-refractivity contribution in [3.63, 3.8) is 0 Å². The molecule has 0 fully saturated rings. The molecule has 0 saturated heterocycles. The summed E-state index contributed by atoms with van der Waals surface area (Å²) in [5.41, 5.74) is 5.96. The van der Waals surface area contributed by atoms with E-state index in [9.17, 15) is 4.79 Å². The van der Waals surface area contributed by atoms with Gasteiger partial charge in [0.25, 0.3) is 0 Å². The van der Waals surface area contributed by atoms with Gasteiger partial charge in [-0.05, 0) is 26.7 Å². The predicted octanol–water partition coefficient (Wildman–Crippen LogP) is 6.69. The Morgan fingerprint density at radius 1 is 0.750 bits per heavy atom. The predicted molar refractivity (Wildman–Crippen MR) is 107 cm³/mol. The fraction of sp³-hybridized carbons (Fsp3) is 0.952. The van der Waals surface area contributed by atoms with Crippen LogP contribution >= 0.6 is 0 Å². The lowest BCUT2D eigenvalue weighted by Gasteiger charge is -2.17. The van der Waals surface area contributed by atoms with E-state index in [1.807, 2.05) is 0 Å². The van der Waals surface area contributed by atoms with Crippen LogP contribution in [0, 0.1) is 0 Å². The van der Waals surface area contributed by atoms with E-state index in [0.717, 1.165) is 12.8 Å². The maximum Gasteiger partial charge on any atom is 0.303 e. The normalized spacial score (nSPS) is 11.0. The molecule has 0 aromatic heterocycles. The number of aliphatic carboxylic acids is 1. The Morgan fingerprint density at radius 3 is 1.50 bits per heavy atom. The molecule has 0 aliphatic carbocycles. The van der Waals surface area contributed by atoms with Gasteiger partial charge in [-0.1, -0.05) is 90.9 Å². The lowest BCUT2D eigenvalue weighted by molar-refractivity contribution is -0.137. The molecule has 0 aromatic carbocycles. The third-order valence-electron chi connectivity index (χ3n) is 4.17. The summed E-state index contributed by atoms with van der Waals surface area (Å²) in [6, 6.07) is 0. The topological polar surface area (TPSA) is 63.3 Å². The Balaban J connectivity index is 0. The van der Waals surface area contributed by atoms with Crippen LogP contribution in [-0.2, 0) is 4.79 Å². The molecular formula is C21H45NO2. The molecule has 0 heterocycles. The van der Waals surface area contributed by atoms with Gasteiger partial charge in [-0.2, -0.15) is 0 Å². The van der Waals surface area contributed by atoms with E-state index in [2.05, 4.69) is 27.7 Å². The number of carbonyl (C=O) groups is 1. The molecule has 0 unspecified atom stereocenters. The summed E-state index contributed by atoms with van der Waals surface area (Å²) in [7, 11) is 0. The summed E-state index contributed by atoms with van der Waals surface area (Å²) in [5, 5.41) is 8.27. The molecule has 0 saturated carbocycles. The number of carboxylic acids is 1. The molecule has 0 spiro atoms. The highest BCUT2D eigenvalue weighted by atomic mass is 16.4. The average Bonchev–Trinajstić information content (AvgIpc) is 2.49. The van der Waals surface area contributed by atoms with Crippen molar-refractivity contribution in [3.8, 4) is 0 Å². The van der Waals surface area contributed by atoms with Crippen molar-refractivity contribution in [2.24, 2.45) is 5.73 Å². The molecule has 0 aromatic rings. The van der Waals surface area contributed by atoms with E-state index in [1.165, 1.54) is 77.0 Å². The van der Waals surface area contributed by atoms with Gasteiger partial charge < -0.3 is 10.8 Å². The van der Waals surface area contributed by atoms with Crippen LogP contribution in [0.2, 0.25) is 0 Å².